The first-order valence-corrected chi connectivity index (χ1v) is 8.59. The second-order valence-electron chi connectivity index (χ2n) is 4.81. The number of nitrogens with zero attached hydrogens (tertiary/aromatic N) is 2. The van der Waals surface area contributed by atoms with Crippen molar-refractivity contribution in [3.63, 3.8) is 0 Å². The molecule has 22 heavy (non-hydrogen) atoms. The number of rotatable bonds is 4. The molecule has 1 saturated heterocycles. The summed E-state index contributed by atoms with van der Waals surface area (Å²) in [5.41, 5.74) is 5.17. The van der Waals surface area contributed by atoms with E-state index in [1.54, 1.807) is 0 Å². The molecule has 0 aromatic carbocycles. The number of nitrogens with two attached hydrogens (primary N) is 1. The first kappa shape index (κ1) is 17.2. The summed E-state index contributed by atoms with van der Waals surface area (Å²) in [5.74, 6) is -0.729. The van der Waals surface area contributed by atoms with Crippen molar-refractivity contribution in [2.24, 2.45) is 5.73 Å². The van der Waals surface area contributed by atoms with Crippen LogP contribution in [0, 0.1) is 0 Å². The maximum Gasteiger partial charge on any atom is 0.401 e. The minimum Gasteiger partial charge on any atom is -0.366 e. The van der Waals surface area contributed by atoms with E-state index in [1.165, 1.54) is 11.4 Å². The molecule has 1 aliphatic heterocycles. The molecule has 1 aromatic heterocycles. The number of piperazine rings is 1. The van der Waals surface area contributed by atoms with Crippen LogP contribution in [0.5, 0.6) is 0 Å². The summed E-state index contributed by atoms with van der Waals surface area (Å²) in [6.45, 7) is -1.09. The van der Waals surface area contributed by atoms with Crippen LogP contribution in [0.2, 0.25) is 0 Å². The lowest BCUT2D eigenvalue weighted by Crippen LogP contribution is -2.50. The number of halogens is 3. The van der Waals surface area contributed by atoms with E-state index in [0.717, 1.165) is 20.5 Å². The van der Waals surface area contributed by atoms with Gasteiger partial charge in [-0.1, -0.05) is 0 Å². The fraction of sp³-hybridized carbons (Fsp3) is 0.545. The van der Waals surface area contributed by atoms with E-state index >= 15 is 0 Å². The van der Waals surface area contributed by atoms with Crippen molar-refractivity contribution < 1.29 is 26.4 Å². The highest BCUT2D eigenvalue weighted by Crippen LogP contribution is 2.25. The number of amides is 1. The molecule has 124 valence electrons. The third kappa shape index (κ3) is 3.97. The van der Waals surface area contributed by atoms with Crippen molar-refractivity contribution in [1.29, 1.82) is 0 Å². The van der Waals surface area contributed by atoms with E-state index in [9.17, 15) is 26.4 Å². The summed E-state index contributed by atoms with van der Waals surface area (Å²) >= 11 is 0.865. The van der Waals surface area contributed by atoms with Gasteiger partial charge in [0, 0.05) is 31.6 Å². The summed E-state index contributed by atoms with van der Waals surface area (Å²) in [4.78, 5) is 12.2. The molecule has 11 heteroatoms. The number of carbonyl (C=O) groups excluding carboxylic acids is 1. The standard InChI is InChI=1S/C11H14F3N3O3S2/c12-11(13,14)7-16-1-3-17(4-2-16)22(19,20)9-5-8(6-21-9)10(15)18/h5-6H,1-4,7H2,(H2,15,18). The van der Waals surface area contributed by atoms with E-state index in [0.29, 0.717) is 0 Å². The smallest absolute Gasteiger partial charge is 0.366 e. The van der Waals surface area contributed by atoms with Crippen LogP contribution in [0.3, 0.4) is 0 Å². The second-order valence-corrected chi connectivity index (χ2v) is 7.89. The quantitative estimate of drug-likeness (QED) is 0.860. The lowest BCUT2D eigenvalue weighted by molar-refractivity contribution is -0.148. The Morgan fingerprint density at radius 3 is 2.32 bits per heavy atom. The molecular weight excluding hydrogens is 343 g/mol. The summed E-state index contributed by atoms with van der Waals surface area (Å²) < 4.78 is 62.7. The normalized spacial score (nSPS) is 18.5. The minimum atomic E-state index is -4.30. The predicted octanol–water partition coefficient (Wildman–Crippen LogP) is 0.716. The molecule has 1 amide bonds. The van der Waals surface area contributed by atoms with Crippen LogP contribution in [0.1, 0.15) is 10.4 Å². The molecule has 2 heterocycles. The summed E-state index contributed by atoms with van der Waals surface area (Å²) in [6, 6.07) is 1.18. The van der Waals surface area contributed by atoms with E-state index in [1.807, 2.05) is 0 Å². The van der Waals surface area contributed by atoms with Gasteiger partial charge in [-0.25, -0.2) is 8.42 Å². The Morgan fingerprint density at radius 1 is 1.27 bits per heavy atom. The van der Waals surface area contributed by atoms with Crippen molar-refractivity contribution in [3.8, 4) is 0 Å². The molecule has 1 aliphatic rings. The van der Waals surface area contributed by atoms with Gasteiger partial charge in [-0.05, 0) is 6.07 Å². The van der Waals surface area contributed by atoms with Crippen molar-refractivity contribution in [1.82, 2.24) is 9.21 Å². The second kappa shape index (κ2) is 6.14. The molecule has 0 bridgehead atoms. The zero-order valence-corrected chi connectivity index (χ0v) is 13.0. The van der Waals surface area contributed by atoms with Crippen molar-refractivity contribution in [2.45, 2.75) is 10.4 Å². The van der Waals surface area contributed by atoms with Gasteiger partial charge in [0.15, 0.2) is 0 Å². The SMILES string of the molecule is NC(=O)c1csc(S(=O)(=O)N2CCN(CC(F)(F)F)CC2)c1. The number of hydrogen-bond donors (Lipinski definition) is 1. The highest BCUT2D eigenvalue weighted by atomic mass is 32.2. The predicted molar refractivity (Wildman–Crippen MR) is 74.1 cm³/mol. The van der Waals surface area contributed by atoms with Crippen LogP contribution in [0.4, 0.5) is 13.2 Å². The van der Waals surface area contributed by atoms with Crippen LogP contribution in [0.15, 0.2) is 15.7 Å². The van der Waals surface area contributed by atoms with E-state index in [-0.39, 0.29) is 36.0 Å². The molecule has 0 aliphatic carbocycles. The van der Waals surface area contributed by atoms with Gasteiger partial charge < -0.3 is 5.73 Å². The van der Waals surface area contributed by atoms with Gasteiger partial charge in [0.1, 0.15) is 4.21 Å². The van der Waals surface area contributed by atoms with Gasteiger partial charge >= 0.3 is 6.18 Å². The molecular formula is C11H14F3N3O3S2. The number of carbonyl (C=O) groups is 1. The molecule has 6 nitrogen and oxygen atoms in total. The largest absolute Gasteiger partial charge is 0.401 e. The monoisotopic (exact) mass is 357 g/mol. The fourth-order valence-corrected chi connectivity index (χ4v) is 4.83. The van der Waals surface area contributed by atoms with Gasteiger partial charge in [0.25, 0.3) is 10.0 Å². The number of thiophene rings is 1. The lowest BCUT2D eigenvalue weighted by atomic mass is 10.3. The maximum absolute atomic E-state index is 12.4. The average Bonchev–Trinajstić information content (AvgIpc) is 2.87. The lowest BCUT2D eigenvalue weighted by Gasteiger charge is -2.33. The van der Waals surface area contributed by atoms with Crippen LogP contribution >= 0.6 is 11.3 Å². The fourth-order valence-electron chi connectivity index (χ4n) is 2.09. The molecule has 2 rings (SSSR count). The van der Waals surface area contributed by atoms with Gasteiger partial charge in [0.2, 0.25) is 5.91 Å². The molecule has 0 saturated carbocycles. The third-order valence-electron chi connectivity index (χ3n) is 3.19. The molecule has 0 radical (unpaired) electrons. The Hall–Kier alpha value is -1.17. The van der Waals surface area contributed by atoms with Gasteiger partial charge in [-0.15, -0.1) is 11.3 Å². The summed E-state index contributed by atoms with van der Waals surface area (Å²) in [6.07, 6.45) is -4.30. The van der Waals surface area contributed by atoms with Crippen molar-refractivity contribution >= 4 is 27.3 Å². The Labute approximate surface area is 129 Å². The first-order chi connectivity index (χ1) is 10.1. The number of alkyl halides is 3. The third-order valence-corrected chi connectivity index (χ3v) is 6.50. The zero-order valence-electron chi connectivity index (χ0n) is 11.3. The van der Waals surface area contributed by atoms with Crippen molar-refractivity contribution in [3.05, 3.63) is 17.0 Å². The van der Waals surface area contributed by atoms with E-state index in [2.05, 4.69) is 0 Å². The average molecular weight is 357 g/mol. The number of primary amides is 1. The minimum absolute atomic E-state index is 0.00674. The number of hydrogen-bond acceptors (Lipinski definition) is 5. The molecule has 0 atom stereocenters. The molecule has 0 spiro atoms. The first-order valence-electron chi connectivity index (χ1n) is 6.27. The van der Waals surface area contributed by atoms with Crippen LogP contribution in [-0.2, 0) is 10.0 Å². The highest BCUT2D eigenvalue weighted by Gasteiger charge is 2.35. The van der Waals surface area contributed by atoms with Crippen LogP contribution in [-0.4, -0.2) is 62.4 Å². The Bertz CT molecular complexity index is 649. The van der Waals surface area contributed by atoms with Crippen LogP contribution < -0.4 is 5.73 Å². The van der Waals surface area contributed by atoms with Gasteiger partial charge in [0.05, 0.1) is 12.1 Å². The Balaban J connectivity index is 2.04. The topological polar surface area (TPSA) is 83.7 Å². The maximum atomic E-state index is 12.4. The molecule has 2 N–H and O–H groups in total. The molecule has 1 aromatic rings. The Kier molecular flexibility index (Phi) is 4.80. The van der Waals surface area contributed by atoms with E-state index < -0.39 is 28.7 Å². The molecule has 1 fully saturated rings. The molecule has 0 unspecified atom stereocenters. The van der Waals surface area contributed by atoms with E-state index in [4.69, 9.17) is 5.73 Å². The number of sulfonamides is 1. The summed E-state index contributed by atoms with van der Waals surface area (Å²) in [5, 5.41) is 1.34. The van der Waals surface area contributed by atoms with Crippen molar-refractivity contribution in [2.75, 3.05) is 32.7 Å². The van der Waals surface area contributed by atoms with Gasteiger partial charge in [-0.3, -0.25) is 9.69 Å². The zero-order chi connectivity index (χ0) is 16.5. The highest BCUT2D eigenvalue weighted by molar-refractivity contribution is 7.91. The van der Waals surface area contributed by atoms with Gasteiger partial charge in [-0.2, -0.15) is 17.5 Å². The van der Waals surface area contributed by atoms with Crippen LogP contribution in [0.25, 0.3) is 0 Å². The Morgan fingerprint density at radius 2 is 1.86 bits per heavy atom. The summed E-state index contributed by atoms with van der Waals surface area (Å²) in [7, 11) is -3.81.